The average molecular weight is 370 g/mol. The fourth-order valence-electron chi connectivity index (χ4n) is 2.65. The number of alkyl halides is 2. The molecule has 0 saturated heterocycles. The lowest BCUT2D eigenvalue weighted by Gasteiger charge is -2.11. The number of nitrogens with one attached hydrogen (secondary N) is 1. The standard InChI is InChI=1S/C17H16F2N8/c1-3-17(18,19)15-25-24-14-10-11(6-9-27(14)15)12-4-7-20-16(22-12)23-13-5-8-21-26(13)2/h4-10H,3H2,1-2H3,(H,20,22,23). The zero-order chi connectivity index (χ0) is 19.0. The molecule has 0 saturated carbocycles. The van der Waals surface area contributed by atoms with Crippen molar-refractivity contribution in [2.24, 2.45) is 7.05 Å². The highest BCUT2D eigenvalue weighted by atomic mass is 19.3. The Kier molecular flexibility index (Phi) is 4.02. The summed E-state index contributed by atoms with van der Waals surface area (Å²) < 4.78 is 30.9. The Morgan fingerprint density at radius 3 is 2.74 bits per heavy atom. The summed E-state index contributed by atoms with van der Waals surface area (Å²) in [5, 5.41) is 14.7. The summed E-state index contributed by atoms with van der Waals surface area (Å²) in [4.78, 5) is 8.66. The Labute approximate surface area is 152 Å². The van der Waals surface area contributed by atoms with Gasteiger partial charge in [0.25, 0.3) is 0 Å². The molecule has 0 bridgehead atoms. The largest absolute Gasteiger partial charge is 0.309 e. The van der Waals surface area contributed by atoms with E-state index >= 15 is 0 Å². The van der Waals surface area contributed by atoms with E-state index in [9.17, 15) is 8.78 Å². The highest BCUT2D eigenvalue weighted by Crippen LogP contribution is 2.30. The maximum atomic E-state index is 14.0. The molecule has 0 spiro atoms. The molecule has 1 N–H and O–H groups in total. The maximum Gasteiger partial charge on any atom is 0.306 e. The van der Waals surface area contributed by atoms with E-state index in [1.165, 1.54) is 17.5 Å². The first kappa shape index (κ1) is 17.0. The molecule has 10 heteroatoms. The molecular weight excluding hydrogens is 354 g/mol. The average Bonchev–Trinajstić information content (AvgIpc) is 3.28. The summed E-state index contributed by atoms with van der Waals surface area (Å²) in [6.45, 7) is 1.41. The molecule has 8 nitrogen and oxygen atoms in total. The molecule has 0 fully saturated rings. The van der Waals surface area contributed by atoms with Crippen LogP contribution < -0.4 is 5.32 Å². The second-order valence-corrected chi connectivity index (χ2v) is 5.96. The van der Waals surface area contributed by atoms with E-state index < -0.39 is 5.92 Å². The van der Waals surface area contributed by atoms with Crippen molar-refractivity contribution in [3.8, 4) is 11.3 Å². The first-order valence-electron chi connectivity index (χ1n) is 8.29. The number of halogens is 2. The minimum atomic E-state index is -3.03. The van der Waals surface area contributed by atoms with Gasteiger partial charge in [0.1, 0.15) is 5.82 Å². The molecule has 0 aliphatic heterocycles. The minimum absolute atomic E-state index is 0.329. The van der Waals surface area contributed by atoms with Gasteiger partial charge in [-0.3, -0.25) is 9.08 Å². The molecule has 0 amide bonds. The fourth-order valence-corrected chi connectivity index (χ4v) is 2.65. The number of aryl methyl sites for hydroxylation is 1. The summed E-state index contributed by atoms with van der Waals surface area (Å²) in [7, 11) is 1.80. The number of aromatic nitrogens is 7. The lowest BCUT2D eigenvalue weighted by Crippen LogP contribution is -2.16. The molecule has 4 heterocycles. The summed E-state index contributed by atoms with van der Waals surface area (Å²) in [6, 6.07) is 6.89. The van der Waals surface area contributed by atoms with Crippen molar-refractivity contribution in [3.63, 3.8) is 0 Å². The normalized spacial score (nSPS) is 11.9. The van der Waals surface area contributed by atoms with Crippen LogP contribution in [0.2, 0.25) is 0 Å². The summed E-state index contributed by atoms with van der Waals surface area (Å²) >= 11 is 0. The van der Waals surface area contributed by atoms with Gasteiger partial charge in [-0.25, -0.2) is 9.97 Å². The Morgan fingerprint density at radius 1 is 1.15 bits per heavy atom. The summed E-state index contributed by atoms with van der Waals surface area (Å²) in [5.74, 6) is -2.26. The van der Waals surface area contributed by atoms with Crippen LogP contribution in [0.25, 0.3) is 16.9 Å². The number of nitrogens with zero attached hydrogens (tertiary/aromatic N) is 7. The van der Waals surface area contributed by atoms with E-state index in [1.54, 1.807) is 48.4 Å². The summed E-state index contributed by atoms with van der Waals surface area (Å²) in [6.07, 6.45) is 4.46. The maximum absolute atomic E-state index is 14.0. The van der Waals surface area contributed by atoms with Crippen molar-refractivity contribution >= 4 is 17.4 Å². The van der Waals surface area contributed by atoms with Gasteiger partial charge in [-0.15, -0.1) is 10.2 Å². The van der Waals surface area contributed by atoms with Crippen LogP contribution in [-0.2, 0) is 13.0 Å². The molecule has 0 aromatic carbocycles. The van der Waals surface area contributed by atoms with Crippen LogP contribution >= 0.6 is 0 Å². The summed E-state index contributed by atoms with van der Waals surface area (Å²) in [5.41, 5.74) is 1.68. The van der Waals surface area contributed by atoms with Crippen molar-refractivity contribution in [2.75, 3.05) is 5.32 Å². The van der Waals surface area contributed by atoms with Crippen LogP contribution in [0.5, 0.6) is 0 Å². The predicted octanol–water partition coefficient (Wildman–Crippen LogP) is 3.17. The fraction of sp³-hybridized carbons (Fsp3) is 0.235. The molecule has 4 aromatic heterocycles. The topological polar surface area (TPSA) is 85.8 Å². The number of hydrogen-bond donors (Lipinski definition) is 1. The Morgan fingerprint density at radius 2 is 2.00 bits per heavy atom. The molecule has 4 rings (SSSR count). The van der Waals surface area contributed by atoms with Crippen LogP contribution in [0.3, 0.4) is 0 Å². The Hall–Kier alpha value is -3.43. The lowest BCUT2D eigenvalue weighted by molar-refractivity contribution is -0.0185. The number of hydrogen-bond acceptors (Lipinski definition) is 6. The molecule has 0 atom stereocenters. The zero-order valence-corrected chi connectivity index (χ0v) is 14.6. The van der Waals surface area contributed by atoms with Gasteiger partial charge in [0, 0.05) is 37.5 Å². The van der Waals surface area contributed by atoms with E-state index in [0.29, 0.717) is 17.3 Å². The van der Waals surface area contributed by atoms with Gasteiger partial charge in [0.15, 0.2) is 5.65 Å². The van der Waals surface area contributed by atoms with Crippen LogP contribution in [-0.4, -0.2) is 34.3 Å². The first-order chi connectivity index (χ1) is 13.0. The third kappa shape index (κ3) is 3.09. The van der Waals surface area contributed by atoms with Crippen LogP contribution in [0.15, 0.2) is 42.9 Å². The number of anilines is 2. The Bertz CT molecular complexity index is 1100. The quantitative estimate of drug-likeness (QED) is 0.581. The second-order valence-electron chi connectivity index (χ2n) is 5.96. The third-order valence-corrected chi connectivity index (χ3v) is 4.19. The van der Waals surface area contributed by atoms with Gasteiger partial charge in [0.2, 0.25) is 11.8 Å². The van der Waals surface area contributed by atoms with Crippen LogP contribution in [0, 0.1) is 0 Å². The zero-order valence-electron chi connectivity index (χ0n) is 14.6. The molecule has 27 heavy (non-hydrogen) atoms. The number of rotatable bonds is 5. The molecule has 138 valence electrons. The molecule has 4 aromatic rings. The van der Waals surface area contributed by atoms with Gasteiger partial charge in [-0.1, -0.05) is 6.92 Å². The Balaban J connectivity index is 1.68. The smallest absolute Gasteiger partial charge is 0.306 e. The van der Waals surface area contributed by atoms with Gasteiger partial charge < -0.3 is 5.32 Å². The predicted molar refractivity (Wildman–Crippen MR) is 94.7 cm³/mol. The van der Waals surface area contributed by atoms with Gasteiger partial charge >= 0.3 is 5.92 Å². The van der Waals surface area contributed by atoms with Crippen LogP contribution in [0.1, 0.15) is 19.2 Å². The van der Waals surface area contributed by atoms with Gasteiger partial charge in [-0.2, -0.15) is 13.9 Å². The number of fused-ring (bicyclic) bond motifs is 1. The minimum Gasteiger partial charge on any atom is -0.309 e. The second kappa shape index (κ2) is 6.38. The molecular formula is C17H16F2N8. The van der Waals surface area contributed by atoms with E-state index in [0.717, 1.165) is 11.4 Å². The number of pyridine rings is 1. The first-order valence-corrected chi connectivity index (χ1v) is 8.29. The van der Waals surface area contributed by atoms with Crippen molar-refractivity contribution in [2.45, 2.75) is 19.3 Å². The van der Waals surface area contributed by atoms with Crippen molar-refractivity contribution in [3.05, 3.63) is 48.7 Å². The third-order valence-electron chi connectivity index (χ3n) is 4.19. The van der Waals surface area contributed by atoms with E-state index in [2.05, 4.69) is 30.6 Å². The van der Waals surface area contributed by atoms with E-state index in [1.807, 2.05) is 0 Å². The van der Waals surface area contributed by atoms with Crippen molar-refractivity contribution in [1.29, 1.82) is 0 Å². The van der Waals surface area contributed by atoms with Gasteiger partial charge in [0.05, 0.1) is 11.9 Å². The van der Waals surface area contributed by atoms with Crippen LogP contribution in [0.4, 0.5) is 20.5 Å². The SMILES string of the molecule is CCC(F)(F)c1nnc2cc(-c3ccnc(Nc4ccnn4C)n3)ccn12. The highest BCUT2D eigenvalue weighted by Gasteiger charge is 2.34. The van der Waals surface area contributed by atoms with Gasteiger partial charge in [-0.05, 0) is 18.2 Å². The molecule has 0 aliphatic rings. The van der Waals surface area contributed by atoms with Crippen molar-refractivity contribution < 1.29 is 8.78 Å². The lowest BCUT2D eigenvalue weighted by atomic mass is 10.2. The van der Waals surface area contributed by atoms with Crippen molar-refractivity contribution in [1.82, 2.24) is 34.3 Å². The molecule has 0 aliphatic carbocycles. The van der Waals surface area contributed by atoms with E-state index in [-0.39, 0.29) is 12.2 Å². The monoisotopic (exact) mass is 370 g/mol. The van der Waals surface area contributed by atoms with E-state index in [4.69, 9.17) is 0 Å². The molecule has 0 radical (unpaired) electrons. The highest BCUT2D eigenvalue weighted by molar-refractivity contribution is 5.65. The molecule has 0 unspecified atom stereocenters.